The molecule has 2 rings (SSSR count). The molecule has 0 radical (unpaired) electrons. The Morgan fingerprint density at radius 2 is 2.05 bits per heavy atom. The van der Waals surface area contributed by atoms with Crippen molar-refractivity contribution in [3.05, 3.63) is 61.3 Å². The maximum Gasteiger partial charge on any atom is 0.346 e. The van der Waals surface area contributed by atoms with E-state index in [1.807, 2.05) is 6.07 Å². The van der Waals surface area contributed by atoms with Crippen molar-refractivity contribution in [3.8, 4) is 0 Å². The van der Waals surface area contributed by atoms with Gasteiger partial charge in [-0.3, -0.25) is 10.1 Å². The predicted molar refractivity (Wildman–Crippen MR) is 79.7 cm³/mol. The van der Waals surface area contributed by atoms with Gasteiger partial charge in [0, 0.05) is 24.7 Å². The lowest BCUT2D eigenvalue weighted by atomic mass is 10.1. The van der Waals surface area contributed by atoms with Gasteiger partial charge in [0.2, 0.25) is 0 Å². The summed E-state index contributed by atoms with van der Waals surface area (Å²) in [6, 6.07) is 6.71. The zero-order valence-electron chi connectivity index (χ0n) is 11.3. The number of hydrogen-bond donors (Lipinski definition) is 2. The second-order valence-electron chi connectivity index (χ2n) is 4.50. The Bertz CT molecular complexity index is 681. The number of nitro groups is 1. The van der Waals surface area contributed by atoms with Gasteiger partial charge in [0.15, 0.2) is 0 Å². The molecule has 0 aliphatic heterocycles. The first-order valence-corrected chi connectivity index (χ1v) is 7.12. The van der Waals surface area contributed by atoms with Crippen LogP contribution in [0.1, 0.15) is 26.4 Å². The third-order valence-electron chi connectivity index (χ3n) is 3.19. The summed E-state index contributed by atoms with van der Waals surface area (Å²) < 4.78 is 0. The van der Waals surface area contributed by atoms with E-state index in [1.165, 1.54) is 17.4 Å². The van der Waals surface area contributed by atoms with E-state index >= 15 is 0 Å². The minimum absolute atomic E-state index is 0.0936. The first kappa shape index (κ1) is 15.1. The van der Waals surface area contributed by atoms with Gasteiger partial charge in [0.25, 0.3) is 5.69 Å². The summed E-state index contributed by atoms with van der Waals surface area (Å²) >= 11 is 1.18. The Morgan fingerprint density at radius 3 is 2.71 bits per heavy atom. The van der Waals surface area contributed by atoms with Gasteiger partial charge in [-0.25, -0.2) is 4.79 Å². The molecule has 0 fully saturated rings. The molecule has 0 amide bonds. The molecule has 0 unspecified atom stereocenters. The molecule has 1 aromatic carbocycles. The second kappa shape index (κ2) is 6.47. The molecule has 0 saturated heterocycles. The predicted octanol–water partition coefficient (Wildman–Crippen LogP) is 2.95. The average Bonchev–Trinajstić information content (AvgIpc) is 2.89. The summed E-state index contributed by atoms with van der Waals surface area (Å²) in [6.07, 6.45) is 0. The number of nitro benzene ring substituents is 1. The van der Waals surface area contributed by atoms with Crippen molar-refractivity contribution in [1.29, 1.82) is 0 Å². The Labute approximate surface area is 125 Å². The minimum Gasteiger partial charge on any atom is -0.477 e. The van der Waals surface area contributed by atoms with Crippen LogP contribution in [0.3, 0.4) is 0 Å². The van der Waals surface area contributed by atoms with E-state index in [4.69, 9.17) is 5.11 Å². The van der Waals surface area contributed by atoms with Crippen molar-refractivity contribution in [2.75, 3.05) is 0 Å². The smallest absolute Gasteiger partial charge is 0.346 e. The van der Waals surface area contributed by atoms with Gasteiger partial charge < -0.3 is 10.4 Å². The van der Waals surface area contributed by atoms with Gasteiger partial charge in [0.1, 0.15) is 4.88 Å². The number of carboxylic acid groups (broad SMARTS) is 1. The standard InChI is InChI=1S/C14H14N2O4S/c1-9-10(3-2-4-12(9)16(19)20)7-15-8-11-5-6-21-13(11)14(17)18/h2-6,15H,7-8H2,1H3,(H,17,18). The first-order valence-electron chi connectivity index (χ1n) is 6.24. The van der Waals surface area contributed by atoms with Crippen LogP contribution < -0.4 is 5.32 Å². The summed E-state index contributed by atoms with van der Waals surface area (Å²) in [7, 11) is 0. The number of aromatic carboxylic acids is 1. The molecule has 110 valence electrons. The van der Waals surface area contributed by atoms with E-state index in [2.05, 4.69) is 5.32 Å². The molecular weight excluding hydrogens is 292 g/mol. The fourth-order valence-corrected chi connectivity index (χ4v) is 2.81. The van der Waals surface area contributed by atoms with E-state index in [0.717, 1.165) is 11.1 Å². The van der Waals surface area contributed by atoms with E-state index in [-0.39, 0.29) is 5.69 Å². The third-order valence-corrected chi connectivity index (χ3v) is 4.13. The second-order valence-corrected chi connectivity index (χ2v) is 5.42. The first-order chi connectivity index (χ1) is 10.0. The number of nitrogens with zero attached hydrogens (tertiary/aromatic N) is 1. The summed E-state index contributed by atoms with van der Waals surface area (Å²) in [5.41, 5.74) is 2.27. The largest absolute Gasteiger partial charge is 0.477 e. The van der Waals surface area contributed by atoms with Gasteiger partial charge in [0.05, 0.1) is 4.92 Å². The van der Waals surface area contributed by atoms with Gasteiger partial charge in [-0.1, -0.05) is 12.1 Å². The Kier molecular flexibility index (Phi) is 4.66. The number of thiophene rings is 1. The highest BCUT2D eigenvalue weighted by Gasteiger charge is 2.14. The van der Waals surface area contributed by atoms with Crippen molar-refractivity contribution in [1.82, 2.24) is 5.32 Å². The third kappa shape index (κ3) is 3.45. The van der Waals surface area contributed by atoms with Crippen molar-refractivity contribution >= 4 is 23.0 Å². The highest BCUT2D eigenvalue weighted by atomic mass is 32.1. The van der Waals surface area contributed by atoms with Crippen molar-refractivity contribution in [2.45, 2.75) is 20.0 Å². The maximum atomic E-state index is 11.0. The highest BCUT2D eigenvalue weighted by Crippen LogP contribution is 2.21. The number of nitrogens with one attached hydrogen (secondary N) is 1. The molecule has 0 bridgehead atoms. The highest BCUT2D eigenvalue weighted by molar-refractivity contribution is 7.12. The molecule has 0 aliphatic rings. The number of carboxylic acids is 1. The Morgan fingerprint density at radius 1 is 1.33 bits per heavy atom. The van der Waals surface area contributed by atoms with Crippen LogP contribution in [0.2, 0.25) is 0 Å². The molecule has 0 aliphatic carbocycles. The van der Waals surface area contributed by atoms with Crippen LogP contribution in [0.5, 0.6) is 0 Å². The van der Waals surface area contributed by atoms with Crippen LogP contribution in [0.4, 0.5) is 5.69 Å². The topological polar surface area (TPSA) is 92.5 Å². The molecule has 2 N–H and O–H groups in total. The summed E-state index contributed by atoms with van der Waals surface area (Å²) in [4.78, 5) is 21.8. The lowest BCUT2D eigenvalue weighted by molar-refractivity contribution is -0.385. The van der Waals surface area contributed by atoms with Crippen molar-refractivity contribution < 1.29 is 14.8 Å². The van der Waals surface area contributed by atoms with Crippen LogP contribution >= 0.6 is 11.3 Å². The average molecular weight is 306 g/mol. The molecule has 21 heavy (non-hydrogen) atoms. The fourth-order valence-electron chi connectivity index (χ4n) is 2.05. The number of hydrogen-bond acceptors (Lipinski definition) is 5. The molecular formula is C14H14N2O4S. The van der Waals surface area contributed by atoms with Crippen LogP contribution in [-0.4, -0.2) is 16.0 Å². The van der Waals surface area contributed by atoms with E-state index in [1.54, 1.807) is 24.4 Å². The van der Waals surface area contributed by atoms with Crippen LogP contribution in [-0.2, 0) is 13.1 Å². The lowest BCUT2D eigenvalue weighted by Gasteiger charge is -2.08. The number of rotatable bonds is 6. The lowest BCUT2D eigenvalue weighted by Crippen LogP contribution is -2.15. The van der Waals surface area contributed by atoms with E-state index < -0.39 is 10.9 Å². The maximum absolute atomic E-state index is 11.0. The number of benzene rings is 1. The summed E-state index contributed by atoms with van der Waals surface area (Å²) in [5, 5.41) is 24.8. The van der Waals surface area contributed by atoms with Crippen LogP contribution in [0.25, 0.3) is 0 Å². The molecule has 1 heterocycles. The SMILES string of the molecule is Cc1c(CNCc2ccsc2C(=O)O)cccc1[N+](=O)[O-]. The zero-order chi connectivity index (χ0) is 15.4. The quantitative estimate of drug-likeness (QED) is 0.632. The van der Waals surface area contributed by atoms with Gasteiger partial charge >= 0.3 is 5.97 Å². The monoisotopic (exact) mass is 306 g/mol. The van der Waals surface area contributed by atoms with Crippen LogP contribution in [0, 0.1) is 17.0 Å². The Balaban J connectivity index is 2.04. The van der Waals surface area contributed by atoms with Crippen molar-refractivity contribution in [2.24, 2.45) is 0 Å². The molecule has 0 saturated carbocycles. The van der Waals surface area contributed by atoms with E-state index in [9.17, 15) is 14.9 Å². The molecule has 7 heteroatoms. The Hall–Kier alpha value is -2.25. The molecule has 0 atom stereocenters. The van der Waals surface area contributed by atoms with Gasteiger partial charge in [-0.2, -0.15) is 0 Å². The summed E-state index contributed by atoms with van der Waals surface area (Å²) in [6.45, 7) is 2.57. The normalized spacial score (nSPS) is 10.5. The minimum atomic E-state index is -0.937. The van der Waals surface area contributed by atoms with Gasteiger partial charge in [-0.15, -0.1) is 11.3 Å². The van der Waals surface area contributed by atoms with Gasteiger partial charge in [-0.05, 0) is 29.5 Å². The fraction of sp³-hybridized carbons (Fsp3) is 0.214. The number of carbonyl (C=O) groups is 1. The molecule has 1 aromatic heterocycles. The molecule has 6 nitrogen and oxygen atoms in total. The molecule has 2 aromatic rings. The van der Waals surface area contributed by atoms with E-state index in [0.29, 0.717) is 23.5 Å². The van der Waals surface area contributed by atoms with Crippen molar-refractivity contribution in [3.63, 3.8) is 0 Å². The van der Waals surface area contributed by atoms with Crippen LogP contribution in [0.15, 0.2) is 29.6 Å². The summed E-state index contributed by atoms with van der Waals surface area (Å²) in [5.74, 6) is -0.937. The molecule has 0 spiro atoms. The zero-order valence-corrected chi connectivity index (χ0v) is 12.1.